The summed E-state index contributed by atoms with van der Waals surface area (Å²) in [6.07, 6.45) is 9.02. The van der Waals surface area contributed by atoms with Gasteiger partial charge in [-0.05, 0) is 43.5 Å². The third kappa shape index (κ3) is 7.47. The minimum absolute atomic E-state index is 0.216. The van der Waals surface area contributed by atoms with Crippen LogP contribution in [0.5, 0.6) is 5.75 Å². The molecule has 4 heteroatoms. The summed E-state index contributed by atoms with van der Waals surface area (Å²) in [5.41, 5.74) is 1.38. The van der Waals surface area contributed by atoms with Gasteiger partial charge in [-0.1, -0.05) is 37.8 Å². The van der Waals surface area contributed by atoms with Crippen molar-refractivity contribution in [3.8, 4) is 5.75 Å². The molecule has 0 radical (unpaired) electrons. The van der Waals surface area contributed by atoms with E-state index >= 15 is 0 Å². The summed E-state index contributed by atoms with van der Waals surface area (Å²) in [7, 11) is 1.72. The summed E-state index contributed by atoms with van der Waals surface area (Å²) in [6, 6.07) is 8.41. The topological polar surface area (TPSA) is 32.8 Å². The number of nitrogens with zero attached hydrogens (tertiary/aromatic N) is 2. The van der Waals surface area contributed by atoms with E-state index in [1.165, 1.54) is 50.6 Å². The van der Waals surface area contributed by atoms with Gasteiger partial charge in [0.05, 0.1) is 7.11 Å². The van der Waals surface area contributed by atoms with Crippen molar-refractivity contribution in [2.75, 3.05) is 39.8 Å². The molecular formula is C21H34N2O2. The van der Waals surface area contributed by atoms with Gasteiger partial charge in [-0.15, -0.1) is 0 Å². The van der Waals surface area contributed by atoms with Gasteiger partial charge in [0.15, 0.2) is 0 Å². The molecule has 1 saturated heterocycles. The number of hydrogen-bond acceptors (Lipinski definition) is 3. The highest BCUT2D eigenvalue weighted by atomic mass is 16.5. The Labute approximate surface area is 153 Å². The lowest BCUT2D eigenvalue weighted by atomic mass is 10.0. The number of methoxy groups -OCH3 is 1. The quantitative estimate of drug-likeness (QED) is 0.605. The summed E-state index contributed by atoms with van der Waals surface area (Å²) in [5, 5.41) is 0. The molecule has 140 valence electrons. The van der Waals surface area contributed by atoms with E-state index in [4.69, 9.17) is 4.74 Å². The van der Waals surface area contributed by atoms with E-state index in [1.54, 1.807) is 14.0 Å². The third-order valence-electron chi connectivity index (χ3n) is 5.14. The number of amides is 1. The zero-order valence-electron chi connectivity index (χ0n) is 16.0. The van der Waals surface area contributed by atoms with Crippen LogP contribution < -0.4 is 4.74 Å². The van der Waals surface area contributed by atoms with Crippen molar-refractivity contribution in [2.24, 2.45) is 0 Å². The predicted octanol–water partition coefficient (Wildman–Crippen LogP) is 3.74. The smallest absolute Gasteiger partial charge is 0.219 e. The van der Waals surface area contributed by atoms with E-state index in [9.17, 15) is 4.79 Å². The number of unbranched alkanes of at least 4 members (excludes halogenated alkanes) is 5. The van der Waals surface area contributed by atoms with Crippen molar-refractivity contribution in [1.82, 2.24) is 9.80 Å². The highest BCUT2D eigenvalue weighted by Crippen LogP contribution is 2.16. The molecule has 1 heterocycles. The summed E-state index contributed by atoms with van der Waals surface area (Å²) >= 11 is 0. The van der Waals surface area contributed by atoms with E-state index in [0.717, 1.165) is 38.3 Å². The first kappa shape index (κ1) is 19.8. The van der Waals surface area contributed by atoms with Gasteiger partial charge in [0, 0.05) is 33.1 Å². The van der Waals surface area contributed by atoms with Crippen LogP contribution in [0.1, 0.15) is 51.0 Å². The first-order valence-electron chi connectivity index (χ1n) is 9.80. The SMILES string of the molecule is COc1cccc(CCCCCCCCN2CCN(C(C)=O)CC2)c1. The van der Waals surface area contributed by atoms with E-state index in [1.807, 2.05) is 11.0 Å². The fraction of sp³-hybridized carbons (Fsp3) is 0.667. The maximum absolute atomic E-state index is 11.3. The zero-order valence-corrected chi connectivity index (χ0v) is 16.0. The molecule has 0 aliphatic carbocycles. The zero-order chi connectivity index (χ0) is 17.9. The minimum Gasteiger partial charge on any atom is -0.497 e. The first-order valence-corrected chi connectivity index (χ1v) is 9.80. The molecule has 0 spiro atoms. The number of carbonyl (C=O) groups excluding carboxylic acids is 1. The number of rotatable bonds is 10. The van der Waals surface area contributed by atoms with Crippen LogP contribution in [0.15, 0.2) is 24.3 Å². The van der Waals surface area contributed by atoms with E-state index in [-0.39, 0.29) is 5.91 Å². The number of ether oxygens (including phenoxy) is 1. The van der Waals surface area contributed by atoms with Gasteiger partial charge >= 0.3 is 0 Å². The number of aryl methyl sites for hydroxylation is 1. The second-order valence-corrected chi connectivity index (χ2v) is 7.07. The number of carbonyl (C=O) groups is 1. The van der Waals surface area contributed by atoms with Crippen molar-refractivity contribution in [1.29, 1.82) is 0 Å². The summed E-state index contributed by atoms with van der Waals surface area (Å²) in [5.74, 6) is 1.18. The lowest BCUT2D eigenvalue weighted by Crippen LogP contribution is -2.48. The molecule has 25 heavy (non-hydrogen) atoms. The highest BCUT2D eigenvalue weighted by molar-refractivity contribution is 5.73. The maximum Gasteiger partial charge on any atom is 0.219 e. The van der Waals surface area contributed by atoms with Crippen LogP contribution in [0.25, 0.3) is 0 Å². The number of piperazine rings is 1. The van der Waals surface area contributed by atoms with Gasteiger partial charge in [0.1, 0.15) is 5.75 Å². The van der Waals surface area contributed by atoms with Crippen molar-refractivity contribution in [2.45, 2.75) is 51.9 Å². The Morgan fingerprint density at radius 3 is 2.36 bits per heavy atom. The summed E-state index contributed by atoms with van der Waals surface area (Å²) in [4.78, 5) is 15.8. The normalized spacial score (nSPS) is 15.4. The molecular weight excluding hydrogens is 312 g/mol. The first-order chi connectivity index (χ1) is 12.2. The van der Waals surface area contributed by atoms with Crippen LogP contribution in [0.4, 0.5) is 0 Å². The molecule has 1 fully saturated rings. The van der Waals surface area contributed by atoms with Crippen molar-refractivity contribution in [3.05, 3.63) is 29.8 Å². The van der Waals surface area contributed by atoms with Crippen LogP contribution in [0.3, 0.4) is 0 Å². The van der Waals surface area contributed by atoms with Gasteiger partial charge in [0.25, 0.3) is 0 Å². The lowest BCUT2D eigenvalue weighted by Gasteiger charge is -2.34. The third-order valence-corrected chi connectivity index (χ3v) is 5.14. The second-order valence-electron chi connectivity index (χ2n) is 7.07. The van der Waals surface area contributed by atoms with Crippen LogP contribution in [-0.2, 0) is 11.2 Å². The van der Waals surface area contributed by atoms with Crippen molar-refractivity contribution in [3.63, 3.8) is 0 Å². The Balaban J connectivity index is 1.44. The molecule has 0 atom stereocenters. The Morgan fingerprint density at radius 1 is 1.00 bits per heavy atom. The molecule has 0 bridgehead atoms. The number of benzene rings is 1. The lowest BCUT2D eigenvalue weighted by molar-refractivity contribution is -0.130. The molecule has 0 aromatic heterocycles. The molecule has 1 aliphatic rings. The van der Waals surface area contributed by atoms with E-state index < -0.39 is 0 Å². The van der Waals surface area contributed by atoms with Crippen molar-refractivity contribution < 1.29 is 9.53 Å². The molecule has 1 amide bonds. The summed E-state index contributed by atoms with van der Waals surface area (Å²) in [6.45, 7) is 6.75. The van der Waals surface area contributed by atoms with Crippen LogP contribution >= 0.6 is 0 Å². The fourth-order valence-corrected chi connectivity index (χ4v) is 3.49. The summed E-state index contributed by atoms with van der Waals surface area (Å²) < 4.78 is 5.27. The Bertz CT molecular complexity index is 510. The Kier molecular flexibility index (Phi) is 8.81. The molecule has 2 rings (SSSR count). The molecule has 0 N–H and O–H groups in total. The molecule has 4 nitrogen and oxygen atoms in total. The van der Waals surface area contributed by atoms with Crippen LogP contribution in [0.2, 0.25) is 0 Å². The molecule has 0 saturated carbocycles. The van der Waals surface area contributed by atoms with Crippen molar-refractivity contribution >= 4 is 5.91 Å². The van der Waals surface area contributed by atoms with Crippen LogP contribution in [0, 0.1) is 0 Å². The number of hydrogen-bond donors (Lipinski definition) is 0. The highest BCUT2D eigenvalue weighted by Gasteiger charge is 2.17. The minimum atomic E-state index is 0.216. The maximum atomic E-state index is 11.3. The largest absolute Gasteiger partial charge is 0.497 e. The fourth-order valence-electron chi connectivity index (χ4n) is 3.49. The Hall–Kier alpha value is -1.55. The molecule has 1 aliphatic heterocycles. The van der Waals surface area contributed by atoms with E-state index in [0.29, 0.717) is 0 Å². The molecule has 1 aromatic carbocycles. The van der Waals surface area contributed by atoms with Gasteiger partial charge in [0.2, 0.25) is 5.91 Å². The Morgan fingerprint density at radius 2 is 1.68 bits per heavy atom. The predicted molar refractivity (Wildman–Crippen MR) is 103 cm³/mol. The average molecular weight is 347 g/mol. The molecule has 0 unspecified atom stereocenters. The average Bonchev–Trinajstić information content (AvgIpc) is 2.64. The van der Waals surface area contributed by atoms with Gasteiger partial charge < -0.3 is 9.64 Å². The standard InChI is InChI=1S/C21H34N2O2/c1-19(24)23-16-14-22(15-17-23)13-8-6-4-3-5-7-10-20-11-9-12-21(18-20)25-2/h9,11-12,18H,3-8,10,13-17H2,1-2H3. The van der Waals surface area contributed by atoms with Gasteiger partial charge in [-0.25, -0.2) is 0 Å². The molecule has 1 aromatic rings. The van der Waals surface area contributed by atoms with E-state index in [2.05, 4.69) is 23.1 Å². The monoisotopic (exact) mass is 346 g/mol. The van der Waals surface area contributed by atoms with Crippen LogP contribution in [-0.4, -0.2) is 55.5 Å². The second kappa shape index (κ2) is 11.1. The van der Waals surface area contributed by atoms with Gasteiger partial charge in [-0.2, -0.15) is 0 Å². The van der Waals surface area contributed by atoms with Gasteiger partial charge in [-0.3, -0.25) is 9.69 Å².